The van der Waals surface area contributed by atoms with Crippen LogP contribution in [-0.4, -0.2) is 17.0 Å². The summed E-state index contributed by atoms with van der Waals surface area (Å²) < 4.78 is 41.9. The van der Waals surface area contributed by atoms with Crippen LogP contribution < -0.4 is 0 Å². The number of hydrogen-bond acceptors (Lipinski definition) is 3. The van der Waals surface area contributed by atoms with Gasteiger partial charge in [0, 0.05) is 12.2 Å². The van der Waals surface area contributed by atoms with Crippen molar-refractivity contribution >= 4 is 11.9 Å². The zero-order valence-electron chi connectivity index (χ0n) is 10.3. The predicted octanol–water partition coefficient (Wildman–Crippen LogP) is 2.95. The first-order chi connectivity index (χ1) is 9.20. The molecule has 0 fully saturated rings. The average molecular weight is 288 g/mol. The summed E-state index contributed by atoms with van der Waals surface area (Å²) in [7, 11) is 0. The van der Waals surface area contributed by atoms with Gasteiger partial charge in [0.25, 0.3) is 0 Å². The number of carboxylic acid groups (broad SMARTS) is 1. The van der Waals surface area contributed by atoms with Crippen molar-refractivity contribution in [2.75, 3.05) is 0 Å². The van der Waals surface area contributed by atoms with E-state index in [2.05, 4.69) is 0 Å². The number of ether oxygens (including phenoxy) is 1. The molecule has 0 saturated heterocycles. The van der Waals surface area contributed by atoms with E-state index in [1.165, 1.54) is 19.1 Å². The molecule has 0 amide bonds. The smallest absolute Gasteiger partial charge is 0.416 e. The number of halogens is 3. The number of esters is 1. The predicted molar refractivity (Wildman–Crippen MR) is 62.7 cm³/mol. The van der Waals surface area contributed by atoms with E-state index in [9.17, 15) is 22.8 Å². The van der Waals surface area contributed by atoms with Gasteiger partial charge in [-0.2, -0.15) is 13.2 Å². The number of hydrogen-bond donors (Lipinski definition) is 1. The number of aliphatic carboxylic acids is 1. The first-order valence-corrected chi connectivity index (χ1v) is 5.49. The Bertz CT molecular complexity index is 517. The van der Waals surface area contributed by atoms with Crippen molar-refractivity contribution in [3.8, 4) is 0 Å². The molecule has 7 heteroatoms. The Balaban J connectivity index is 2.71. The second-order valence-corrected chi connectivity index (χ2v) is 3.87. The van der Waals surface area contributed by atoms with Crippen LogP contribution in [0.4, 0.5) is 13.2 Å². The van der Waals surface area contributed by atoms with Gasteiger partial charge >= 0.3 is 18.1 Å². The highest BCUT2D eigenvalue weighted by Gasteiger charge is 2.30. The summed E-state index contributed by atoms with van der Waals surface area (Å²) in [5.74, 6) is -2.19. The normalized spacial score (nSPS) is 13.2. The molecular formula is C13H11F3O4. The largest absolute Gasteiger partial charge is 0.478 e. The van der Waals surface area contributed by atoms with Gasteiger partial charge in [0.2, 0.25) is 0 Å². The summed E-state index contributed by atoms with van der Waals surface area (Å²) >= 11 is 0. The van der Waals surface area contributed by atoms with E-state index in [1.807, 2.05) is 0 Å². The summed E-state index contributed by atoms with van der Waals surface area (Å²) in [5, 5.41) is 8.32. The quantitative estimate of drug-likeness (QED) is 0.683. The Morgan fingerprint density at radius 2 is 1.75 bits per heavy atom. The minimum atomic E-state index is -4.43. The zero-order valence-corrected chi connectivity index (χ0v) is 10.3. The number of alkyl halides is 3. The Labute approximate surface area is 112 Å². The van der Waals surface area contributed by atoms with Crippen LogP contribution in [0.25, 0.3) is 0 Å². The molecule has 1 aromatic rings. The molecule has 0 radical (unpaired) electrons. The molecule has 0 saturated carbocycles. The van der Waals surface area contributed by atoms with Crippen LogP contribution in [0.15, 0.2) is 36.4 Å². The van der Waals surface area contributed by atoms with E-state index in [0.717, 1.165) is 18.2 Å². The number of rotatable bonds is 4. The summed E-state index contributed by atoms with van der Waals surface area (Å²) in [6, 6.07) is 4.16. The summed E-state index contributed by atoms with van der Waals surface area (Å²) in [5.41, 5.74) is -0.430. The van der Waals surface area contributed by atoms with Crippen LogP contribution in [0.5, 0.6) is 0 Å². The summed E-state index contributed by atoms with van der Waals surface area (Å²) in [4.78, 5) is 21.4. The van der Waals surface area contributed by atoms with Crippen molar-refractivity contribution in [3.63, 3.8) is 0 Å². The van der Waals surface area contributed by atoms with Gasteiger partial charge < -0.3 is 9.84 Å². The molecule has 1 rings (SSSR count). The van der Waals surface area contributed by atoms with Crippen LogP contribution >= 0.6 is 0 Å². The third kappa shape index (κ3) is 4.75. The maximum Gasteiger partial charge on any atom is 0.416 e. The highest BCUT2D eigenvalue weighted by atomic mass is 19.4. The molecule has 0 unspecified atom stereocenters. The monoisotopic (exact) mass is 288 g/mol. The van der Waals surface area contributed by atoms with Crippen LogP contribution in [0.1, 0.15) is 24.2 Å². The minimum absolute atomic E-state index is 0.370. The van der Waals surface area contributed by atoms with E-state index in [1.54, 1.807) is 0 Å². The Hall–Kier alpha value is -2.31. The van der Waals surface area contributed by atoms with Gasteiger partial charge in [-0.1, -0.05) is 12.1 Å². The van der Waals surface area contributed by atoms with Gasteiger partial charge in [0.05, 0.1) is 5.56 Å². The SMILES string of the molecule is C[C@@H](OC(=O)/C=C/C(=O)O)c1ccc(C(F)(F)F)cc1. The first-order valence-electron chi connectivity index (χ1n) is 5.49. The van der Waals surface area contributed by atoms with E-state index < -0.39 is 29.8 Å². The van der Waals surface area contributed by atoms with Gasteiger partial charge in [-0.25, -0.2) is 9.59 Å². The van der Waals surface area contributed by atoms with E-state index in [0.29, 0.717) is 11.6 Å². The Kier molecular flexibility index (Phi) is 4.90. The third-order valence-electron chi connectivity index (χ3n) is 2.36. The second-order valence-electron chi connectivity index (χ2n) is 3.87. The maximum absolute atomic E-state index is 12.4. The molecule has 1 N–H and O–H groups in total. The molecule has 0 aliphatic heterocycles. The molecule has 20 heavy (non-hydrogen) atoms. The van der Waals surface area contributed by atoms with Crippen LogP contribution in [-0.2, 0) is 20.5 Å². The number of carboxylic acids is 1. The third-order valence-corrected chi connectivity index (χ3v) is 2.36. The average Bonchev–Trinajstić information content (AvgIpc) is 2.35. The molecule has 0 spiro atoms. The molecule has 4 nitrogen and oxygen atoms in total. The zero-order chi connectivity index (χ0) is 15.3. The number of carbonyl (C=O) groups is 2. The van der Waals surface area contributed by atoms with Gasteiger partial charge in [-0.05, 0) is 24.6 Å². The van der Waals surface area contributed by atoms with Crippen molar-refractivity contribution in [2.24, 2.45) is 0 Å². The first kappa shape index (κ1) is 15.7. The van der Waals surface area contributed by atoms with Crippen LogP contribution in [0, 0.1) is 0 Å². The topological polar surface area (TPSA) is 63.6 Å². The van der Waals surface area contributed by atoms with Crippen LogP contribution in [0.3, 0.4) is 0 Å². The molecule has 108 valence electrons. The van der Waals surface area contributed by atoms with E-state index in [-0.39, 0.29) is 0 Å². The lowest BCUT2D eigenvalue weighted by Crippen LogP contribution is -2.08. The summed E-state index contributed by atoms with van der Waals surface area (Å²) in [6.07, 6.45) is -3.88. The van der Waals surface area contributed by atoms with Crippen molar-refractivity contribution < 1.29 is 32.6 Å². The number of carbonyl (C=O) groups excluding carboxylic acids is 1. The van der Waals surface area contributed by atoms with Crippen LogP contribution in [0.2, 0.25) is 0 Å². The van der Waals surface area contributed by atoms with Gasteiger partial charge in [-0.15, -0.1) is 0 Å². The lowest BCUT2D eigenvalue weighted by Gasteiger charge is -2.13. The lowest BCUT2D eigenvalue weighted by molar-refractivity contribution is -0.143. The lowest BCUT2D eigenvalue weighted by atomic mass is 10.1. The van der Waals surface area contributed by atoms with Crippen molar-refractivity contribution in [2.45, 2.75) is 19.2 Å². The molecule has 1 atom stereocenters. The second kappa shape index (κ2) is 6.23. The maximum atomic E-state index is 12.4. The molecule has 0 aromatic heterocycles. The molecule has 1 aromatic carbocycles. The fraction of sp³-hybridized carbons (Fsp3) is 0.231. The highest BCUT2D eigenvalue weighted by molar-refractivity contribution is 5.90. The molecule has 0 aliphatic carbocycles. The summed E-state index contributed by atoms with van der Waals surface area (Å²) in [6.45, 7) is 1.47. The van der Waals surface area contributed by atoms with Crippen molar-refractivity contribution in [3.05, 3.63) is 47.5 Å². The number of benzene rings is 1. The van der Waals surface area contributed by atoms with E-state index in [4.69, 9.17) is 9.84 Å². The fourth-order valence-electron chi connectivity index (χ4n) is 1.36. The van der Waals surface area contributed by atoms with Crippen molar-refractivity contribution in [1.82, 2.24) is 0 Å². The van der Waals surface area contributed by atoms with Gasteiger partial charge in [-0.3, -0.25) is 0 Å². The molecule has 0 aliphatic rings. The highest BCUT2D eigenvalue weighted by Crippen LogP contribution is 2.30. The molecule has 0 bridgehead atoms. The fourth-order valence-corrected chi connectivity index (χ4v) is 1.36. The molecular weight excluding hydrogens is 277 g/mol. The van der Waals surface area contributed by atoms with E-state index >= 15 is 0 Å². The standard InChI is InChI=1S/C13H11F3O4/c1-8(20-12(19)7-6-11(17)18)9-2-4-10(5-3-9)13(14,15)16/h2-8H,1H3,(H,17,18)/b7-6+/t8-/m1/s1. The van der Waals surface area contributed by atoms with Gasteiger partial charge in [0.15, 0.2) is 0 Å². The Morgan fingerprint density at radius 1 is 1.20 bits per heavy atom. The van der Waals surface area contributed by atoms with Crippen molar-refractivity contribution in [1.29, 1.82) is 0 Å². The minimum Gasteiger partial charge on any atom is -0.478 e. The Morgan fingerprint density at radius 3 is 2.20 bits per heavy atom. The molecule has 0 heterocycles. The van der Waals surface area contributed by atoms with Gasteiger partial charge in [0.1, 0.15) is 6.10 Å².